The van der Waals surface area contributed by atoms with Gasteiger partial charge < -0.3 is 9.26 Å². The zero-order valence-corrected chi connectivity index (χ0v) is 14.3. The predicted octanol–water partition coefficient (Wildman–Crippen LogP) is 6.32. The lowest BCUT2D eigenvalue weighted by Gasteiger charge is -2.24. The van der Waals surface area contributed by atoms with Crippen LogP contribution in [0.15, 0.2) is 54.6 Å². The molecule has 0 aliphatic heterocycles. The molecule has 0 amide bonds. The summed E-state index contributed by atoms with van der Waals surface area (Å²) in [6, 6.07) is 15.1. The van der Waals surface area contributed by atoms with Crippen molar-refractivity contribution in [2.24, 2.45) is 0 Å². The number of alkyl halides is 2. The SMILES string of the molecule is O=P(Cl)(Cl)Oc1ccccc1C(Cl)(Cl)Oc1ccccc1. The number of hydrogen-bond acceptors (Lipinski definition) is 3. The number of rotatable bonds is 5. The van der Waals surface area contributed by atoms with Gasteiger partial charge in [0.05, 0.1) is 5.56 Å². The molecule has 0 heterocycles. The molecule has 0 saturated heterocycles. The van der Waals surface area contributed by atoms with E-state index in [0.29, 0.717) is 5.75 Å². The Kier molecular flexibility index (Phi) is 5.34. The highest BCUT2D eigenvalue weighted by Gasteiger charge is 2.34. The topological polar surface area (TPSA) is 35.5 Å². The molecule has 0 aliphatic rings. The van der Waals surface area contributed by atoms with Gasteiger partial charge in [0.15, 0.2) is 0 Å². The quantitative estimate of drug-likeness (QED) is 0.446. The van der Waals surface area contributed by atoms with E-state index in [2.05, 4.69) is 0 Å². The van der Waals surface area contributed by atoms with Crippen LogP contribution >= 0.6 is 51.8 Å². The summed E-state index contributed by atoms with van der Waals surface area (Å²) in [6.45, 7) is 0. The van der Waals surface area contributed by atoms with Gasteiger partial charge in [-0.3, -0.25) is 0 Å². The summed E-state index contributed by atoms with van der Waals surface area (Å²) in [5.74, 6) is 0.531. The smallest absolute Gasteiger partial charge is 0.428 e. The second kappa shape index (κ2) is 6.68. The summed E-state index contributed by atoms with van der Waals surface area (Å²) in [4.78, 5) is 0. The Labute approximate surface area is 141 Å². The molecule has 0 spiro atoms. The lowest BCUT2D eigenvalue weighted by Crippen LogP contribution is -2.19. The molecular formula is C13H9Cl4O3P. The van der Waals surface area contributed by atoms with Crippen LogP contribution in [0.3, 0.4) is 0 Å². The first-order chi connectivity index (χ1) is 9.78. The number of benzene rings is 2. The molecule has 0 atom stereocenters. The van der Waals surface area contributed by atoms with E-state index >= 15 is 0 Å². The van der Waals surface area contributed by atoms with Gasteiger partial charge in [0.2, 0.25) is 0 Å². The molecule has 0 N–H and O–H groups in total. The third kappa shape index (κ3) is 4.98. The standard InChI is InChI=1S/C13H9Cl4O3P/c14-13(15,19-10-6-2-1-3-7-10)11-8-4-5-9-12(11)20-21(16,17)18/h1-9H. The van der Waals surface area contributed by atoms with Crippen LogP contribution in [-0.4, -0.2) is 0 Å². The molecule has 0 aromatic heterocycles. The fourth-order valence-electron chi connectivity index (χ4n) is 1.59. The number of ether oxygens (including phenoxy) is 1. The lowest BCUT2D eigenvalue weighted by atomic mass is 10.2. The fourth-order valence-corrected chi connectivity index (χ4v) is 2.92. The first-order valence-electron chi connectivity index (χ1n) is 5.68. The molecule has 2 aromatic rings. The highest BCUT2D eigenvalue weighted by Crippen LogP contribution is 2.58. The van der Waals surface area contributed by atoms with Crippen LogP contribution in [0.25, 0.3) is 0 Å². The number of halogens is 4. The lowest BCUT2D eigenvalue weighted by molar-refractivity contribution is 0.243. The van der Waals surface area contributed by atoms with E-state index in [0.717, 1.165) is 0 Å². The van der Waals surface area contributed by atoms with E-state index in [9.17, 15) is 4.57 Å². The Balaban J connectivity index is 2.33. The summed E-state index contributed by atoms with van der Waals surface area (Å²) >= 11 is 23.3. The van der Waals surface area contributed by atoms with Crippen molar-refractivity contribution in [1.82, 2.24) is 0 Å². The third-order valence-electron chi connectivity index (χ3n) is 2.39. The Morgan fingerprint density at radius 1 is 0.905 bits per heavy atom. The Hall–Kier alpha value is -0.570. The van der Waals surface area contributed by atoms with Crippen LogP contribution < -0.4 is 9.26 Å². The van der Waals surface area contributed by atoms with Crippen LogP contribution in [0.5, 0.6) is 11.5 Å². The van der Waals surface area contributed by atoms with E-state index in [1.54, 1.807) is 42.5 Å². The molecule has 2 aromatic carbocycles. The molecule has 2 rings (SSSR count). The first-order valence-corrected chi connectivity index (χ1v) is 9.87. The minimum atomic E-state index is -3.79. The van der Waals surface area contributed by atoms with E-state index in [1.165, 1.54) is 6.07 Å². The first kappa shape index (κ1) is 16.8. The van der Waals surface area contributed by atoms with Crippen molar-refractivity contribution >= 4 is 51.8 Å². The Bertz CT molecular complexity index is 657. The average Bonchev–Trinajstić information content (AvgIpc) is 2.38. The van der Waals surface area contributed by atoms with Crippen LogP contribution in [0.4, 0.5) is 0 Å². The van der Waals surface area contributed by atoms with Crippen molar-refractivity contribution < 1.29 is 13.8 Å². The molecular weight excluding hydrogens is 377 g/mol. The molecule has 3 nitrogen and oxygen atoms in total. The maximum atomic E-state index is 11.4. The molecule has 0 unspecified atom stereocenters. The maximum Gasteiger partial charge on any atom is 0.428 e. The van der Waals surface area contributed by atoms with Gasteiger partial charge in [0.1, 0.15) is 11.5 Å². The number of hydrogen-bond donors (Lipinski definition) is 0. The van der Waals surface area contributed by atoms with E-state index < -0.39 is 10.6 Å². The normalized spacial score (nSPS) is 12.0. The van der Waals surface area contributed by atoms with Gasteiger partial charge in [0, 0.05) is 22.5 Å². The fraction of sp³-hybridized carbons (Fsp3) is 0.0769. The van der Waals surface area contributed by atoms with Gasteiger partial charge in [-0.25, -0.2) is 4.57 Å². The van der Waals surface area contributed by atoms with Crippen molar-refractivity contribution in [1.29, 1.82) is 0 Å². The van der Waals surface area contributed by atoms with Crippen LogP contribution in [-0.2, 0) is 9.08 Å². The highest BCUT2D eigenvalue weighted by molar-refractivity contribution is 8.05. The number of para-hydroxylation sites is 2. The van der Waals surface area contributed by atoms with E-state index in [4.69, 9.17) is 54.9 Å². The van der Waals surface area contributed by atoms with Gasteiger partial charge in [-0.05, 0) is 24.3 Å². The Morgan fingerprint density at radius 2 is 1.48 bits per heavy atom. The highest BCUT2D eigenvalue weighted by atomic mass is 35.9. The second-order valence-electron chi connectivity index (χ2n) is 3.93. The van der Waals surface area contributed by atoms with Gasteiger partial charge in [-0.2, -0.15) is 0 Å². The molecule has 0 saturated carbocycles. The van der Waals surface area contributed by atoms with Gasteiger partial charge in [-0.15, -0.1) is 0 Å². The average molecular weight is 386 g/mol. The molecule has 0 aliphatic carbocycles. The van der Waals surface area contributed by atoms with Crippen LogP contribution in [0.1, 0.15) is 5.56 Å². The van der Waals surface area contributed by atoms with Gasteiger partial charge >= 0.3 is 6.07 Å². The third-order valence-corrected chi connectivity index (χ3v) is 3.78. The molecule has 112 valence electrons. The second-order valence-corrected chi connectivity index (χ2v) is 9.39. The van der Waals surface area contributed by atoms with Crippen LogP contribution in [0.2, 0.25) is 0 Å². The zero-order chi connectivity index (χ0) is 15.5. The van der Waals surface area contributed by atoms with E-state index in [-0.39, 0.29) is 11.3 Å². The van der Waals surface area contributed by atoms with Gasteiger partial charge in [0.25, 0.3) is 4.52 Å². The molecule has 0 radical (unpaired) electrons. The summed E-state index contributed by atoms with van der Waals surface area (Å²) in [7, 11) is 0. The predicted molar refractivity (Wildman–Crippen MR) is 86.8 cm³/mol. The van der Waals surface area contributed by atoms with Gasteiger partial charge in [-0.1, -0.05) is 53.5 Å². The minimum Gasteiger partial charge on any atom is -0.454 e. The van der Waals surface area contributed by atoms with E-state index in [1.807, 2.05) is 6.07 Å². The van der Waals surface area contributed by atoms with Crippen molar-refractivity contribution in [3.8, 4) is 11.5 Å². The molecule has 21 heavy (non-hydrogen) atoms. The largest absolute Gasteiger partial charge is 0.454 e. The Morgan fingerprint density at radius 3 is 2.10 bits per heavy atom. The minimum absolute atomic E-state index is 0.0757. The zero-order valence-electron chi connectivity index (χ0n) is 10.4. The molecule has 0 bridgehead atoms. The summed E-state index contributed by atoms with van der Waals surface area (Å²) in [5.41, 5.74) is 0.235. The summed E-state index contributed by atoms with van der Waals surface area (Å²) < 4.78 is 20.2. The van der Waals surface area contributed by atoms with Crippen molar-refractivity contribution in [3.05, 3.63) is 60.2 Å². The van der Waals surface area contributed by atoms with Crippen LogP contribution in [0, 0.1) is 0 Å². The molecule has 8 heteroatoms. The van der Waals surface area contributed by atoms with Crippen molar-refractivity contribution in [3.63, 3.8) is 0 Å². The maximum absolute atomic E-state index is 11.4. The summed E-state index contributed by atoms with van der Waals surface area (Å²) in [5, 5.41) is 0. The molecule has 0 fully saturated rings. The monoisotopic (exact) mass is 384 g/mol. The van der Waals surface area contributed by atoms with Crippen molar-refractivity contribution in [2.75, 3.05) is 0 Å². The summed E-state index contributed by atoms with van der Waals surface area (Å²) in [6.07, 6.45) is -3.79. The van der Waals surface area contributed by atoms with Crippen molar-refractivity contribution in [2.45, 2.75) is 4.52 Å².